The van der Waals surface area contributed by atoms with Crippen LogP contribution in [-0.2, 0) is 14.3 Å². The highest BCUT2D eigenvalue weighted by Crippen LogP contribution is 2.20. The summed E-state index contributed by atoms with van der Waals surface area (Å²) in [7, 11) is 0. The van der Waals surface area contributed by atoms with Gasteiger partial charge in [0.25, 0.3) is 0 Å². The Balaban J connectivity index is 3.32. The highest BCUT2D eigenvalue weighted by atomic mass is 16.5. The minimum Gasteiger partial charge on any atom is -0.466 e. The van der Waals surface area contributed by atoms with Crippen LogP contribution >= 0.6 is 0 Å². The van der Waals surface area contributed by atoms with E-state index in [4.69, 9.17) is 4.74 Å². The van der Waals surface area contributed by atoms with E-state index in [-0.39, 0.29) is 18.5 Å². The molecule has 0 bridgehead atoms. The average molecular weight is 1280 g/mol. The Morgan fingerprint density at radius 2 is 0.516 bits per heavy atom. The van der Waals surface area contributed by atoms with E-state index in [0.717, 1.165) is 38.5 Å². The van der Waals surface area contributed by atoms with Crippen LogP contribution in [-0.4, -0.2) is 47.4 Å². The molecule has 91 heavy (non-hydrogen) atoms. The predicted molar refractivity (Wildman–Crippen MR) is 403 cm³/mol. The molecule has 6 nitrogen and oxygen atoms in total. The van der Waals surface area contributed by atoms with E-state index >= 15 is 0 Å². The molecular formula is C85H165NO5. The van der Waals surface area contributed by atoms with Crippen LogP contribution in [0.2, 0.25) is 0 Å². The van der Waals surface area contributed by atoms with Crippen LogP contribution in [0.15, 0.2) is 24.3 Å². The first-order valence-electron chi connectivity index (χ1n) is 42.1. The van der Waals surface area contributed by atoms with Crippen molar-refractivity contribution in [3.8, 4) is 0 Å². The van der Waals surface area contributed by atoms with Gasteiger partial charge in [0.05, 0.1) is 25.4 Å². The Labute approximate surface area is 571 Å². The van der Waals surface area contributed by atoms with E-state index in [9.17, 15) is 19.8 Å². The van der Waals surface area contributed by atoms with Crippen LogP contribution in [0.5, 0.6) is 0 Å². The lowest BCUT2D eigenvalue weighted by molar-refractivity contribution is -0.143. The molecule has 540 valence electrons. The number of carbonyl (C=O) groups is 2. The van der Waals surface area contributed by atoms with Crippen molar-refractivity contribution < 1.29 is 24.5 Å². The first-order chi connectivity index (χ1) is 45.0. The Hall–Kier alpha value is -1.66. The van der Waals surface area contributed by atoms with Gasteiger partial charge in [-0.2, -0.15) is 0 Å². The summed E-state index contributed by atoms with van der Waals surface area (Å²) in [5, 5.41) is 23.4. The van der Waals surface area contributed by atoms with Gasteiger partial charge in [0.1, 0.15) is 0 Å². The van der Waals surface area contributed by atoms with Gasteiger partial charge < -0.3 is 20.3 Å². The van der Waals surface area contributed by atoms with Gasteiger partial charge in [-0.25, -0.2) is 0 Å². The van der Waals surface area contributed by atoms with Gasteiger partial charge in [-0.1, -0.05) is 417 Å². The second-order valence-electron chi connectivity index (χ2n) is 29.2. The molecule has 0 saturated heterocycles. The first kappa shape index (κ1) is 89.3. The molecule has 0 aromatic carbocycles. The third-order valence-electron chi connectivity index (χ3n) is 20.0. The lowest BCUT2D eigenvalue weighted by Crippen LogP contribution is -2.45. The number of aliphatic hydroxyl groups is 2. The lowest BCUT2D eigenvalue weighted by atomic mass is 10.0. The van der Waals surface area contributed by atoms with Gasteiger partial charge in [-0.05, 0) is 77.0 Å². The number of aliphatic hydroxyl groups excluding tert-OH is 2. The molecule has 2 unspecified atom stereocenters. The maximum atomic E-state index is 12.6. The highest BCUT2D eigenvalue weighted by Gasteiger charge is 2.20. The molecular weight excluding hydrogens is 1110 g/mol. The van der Waals surface area contributed by atoms with Crippen molar-refractivity contribution in [2.24, 2.45) is 0 Å². The van der Waals surface area contributed by atoms with Crippen LogP contribution in [0.4, 0.5) is 0 Å². The van der Waals surface area contributed by atoms with Crippen LogP contribution in [0.1, 0.15) is 483 Å². The Morgan fingerprint density at radius 3 is 0.780 bits per heavy atom. The minimum absolute atomic E-state index is 0.0197. The fraction of sp³-hybridized carbons (Fsp3) is 0.929. The highest BCUT2D eigenvalue weighted by molar-refractivity contribution is 5.76. The zero-order chi connectivity index (χ0) is 65.6. The second-order valence-corrected chi connectivity index (χ2v) is 29.2. The van der Waals surface area contributed by atoms with E-state index in [1.807, 2.05) is 0 Å². The van der Waals surface area contributed by atoms with Crippen LogP contribution in [0, 0.1) is 0 Å². The smallest absolute Gasteiger partial charge is 0.305 e. The molecule has 2 atom stereocenters. The number of rotatable bonds is 80. The molecule has 0 rings (SSSR count). The van der Waals surface area contributed by atoms with Crippen molar-refractivity contribution in [2.45, 2.75) is 495 Å². The summed E-state index contributed by atoms with van der Waals surface area (Å²) in [4.78, 5) is 24.7. The molecule has 0 radical (unpaired) electrons. The molecule has 6 heteroatoms. The predicted octanol–water partition coefficient (Wildman–Crippen LogP) is 28.0. The number of unbranched alkanes of at least 4 members (excludes halogenated alkanes) is 65. The number of amides is 1. The third-order valence-corrected chi connectivity index (χ3v) is 20.0. The number of carbonyl (C=O) groups excluding carboxylic acids is 2. The third kappa shape index (κ3) is 77.2. The molecule has 0 aliphatic rings. The first-order valence-corrected chi connectivity index (χ1v) is 42.1. The van der Waals surface area contributed by atoms with E-state index in [0.29, 0.717) is 25.9 Å². The van der Waals surface area contributed by atoms with Crippen molar-refractivity contribution in [3.63, 3.8) is 0 Å². The van der Waals surface area contributed by atoms with Gasteiger partial charge in [-0.15, -0.1) is 0 Å². The quantitative estimate of drug-likeness (QED) is 0.0320. The normalized spacial score (nSPS) is 12.5. The monoisotopic (exact) mass is 1280 g/mol. The summed E-state index contributed by atoms with van der Waals surface area (Å²) in [6.45, 7) is 5.01. The Morgan fingerprint density at radius 1 is 0.297 bits per heavy atom. The molecule has 3 N–H and O–H groups in total. The largest absolute Gasteiger partial charge is 0.466 e. The number of nitrogens with one attached hydrogen (secondary N) is 1. The van der Waals surface area contributed by atoms with E-state index in [2.05, 4.69) is 43.5 Å². The molecule has 0 aromatic heterocycles. The number of hydrogen-bond acceptors (Lipinski definition) is 5. The van der Waals surface area contributed by atoms with E-state index in [1.54, 1.807) is 0 Å². The Bertz CT molecular complexity index is 1430. The van der Waals surface area contributed by atoms with Crippen molar-refractivity contribution in [1.29, 1.82) is 0 Å². The van der Waals surface area contributed by atoms with E-state index in [1.165, 1.54) is 411 Å². The number of allylic oxidation sites excluding steroid dienone is 4. The van der Waals surface area contributed by atoms with Gasteiger partial charge >= 0.3 is 5.97 Å². The van der Waals surface area contributed by atoms with Crippen LogP contribution in [0.25, 0.3) is 0 Å². The number of hydrogen-bond donors (Lipinski definition) is 3. The summed E-state index contributed by atoms with van der Waals surface area (Å²) in [5.41, 5.74) is 0. The lowest BCUT2D eigenvalue weighted by Gasteiger charge is -2.22. The van der Waals surface area contributed by atoms with Crippen molar-refractivity contribution in [2.75, 3.05) is 13.2 Å². The van der Waals surface area contributed by atoms with Crippen molar-refractivity contribution >= 4 is 11.9 Å². The second kappa shape index (κ2) is 80.8. The summed E-state index contributed by atoms with van der Waals surface area (Å²) < 4.78 is 5.52. The Kier molecular flexibility index (Phi) is 79.3. The zero-order valence-electron chi connectivity index (χ0n) is 62.1. The zero-order valence-corrected chi connectivity index (χ0v) is 62.1. The number of esters is 1. The van der Waals surface area contributed by atoms with Crippen LogP contribution in [0.3, 0.4) is 0 Å². The standard InChI is InChI=1S/C85H165NO5/c1-3-5-7-9-11-13-15-17-19-21-42-45-49-53-57-61-65-69-73-77-83(88)82(81-87)86-84(89)78-74-70-66-62-58-54-50-46-43-40-38-36-34-32-30-28-26-24-23-25-27-29-31-33-35-37-39-41-44-48-52-56-60-64-68-72-76-80-91-85(90)79-75-71-67-63-59-55-51-47-22-20-18-16-14-12-10-8-6-4-2/h20,22-23,25,82-83,87-88H,3-19,21,24,26-81H2,1-2H3,(H,86,89)/b22-20-,25-23-. The minimum atomic E-state index is -0.662. The van der Waals surface area contributed by atoms with E-state index < -0.39 is 12.1 Å². The fourth-order valence-electron chi connectivity index (χ4n) is 13.6. The van der Waals surface area contributed by atoms with Gasteiger partial charge in [0, 0.05) is 12.8 Å². The van der Waals surface area contributed by atoms with Crippen LogP contribution < -0.4 is 5.32 Å². The van der Waals surface area contributed by atoms with Gasteiger partial charge in [0.15, 0.2) is 0 Å². The molecule has 0 aromatic rings. The average Bonchev–Trinajstić information content (AvgIpc) is 3.65. The molecule has 0 aliphatic carbocycles. The number of ether oxygens (including phenoxy) is 1. The maximum Gasteiger partial charge on any atom is 0.305 e. The maximum absolute atomic E-state index is 12.6. The summed E-state index contributed by atoms with van der Waals surface area (Å²) in [6.07, 6.45) is 104. The molecule has 0 heterocycles. The van der Waals surface area contributed by atoms with Gasteiger partial charge in [-0.3, -0.25) is 9.59 Å². The molecule has 0 spiro atoms. The molecule has 1 amide bonds. The topological polar surface area (TPSA) is 95.9 Å². The summed E-state index contributed by atoms with van der Waals surface area (Å²) in [5.74, 6) is -0.00616. The fourth-order valence-corrected chi connectivity index (χ4v) is 13.6. The summed E-state index contributed by atoms with van der Waals surface area (Å²) >= 11 is 0. The van der Waals surface area contributed by atoms with Crippen molar-refractivity contribution in [1.82, 2.24) is 5.32 Å². The SMILES string of the molecule is CCCCCCCCC/C=C\CCCCCCCCCC(=O)OCCCCCCCCCCCCCCCCCC/C=C\CCCCCCCCCCCCCCCCCCCC(=O)NC(CO)C(O)CCCCCCCCCCCCCCCCCCCCC. The molecule has 0 aliphatic heterocycles. The van der Waals surface area contributed by atoms with Crippen molar-refractivity contribution in [3.05, 3.63) is 24.3 Å². The van der Waals surface area contributed by atoms with Gasteiger partial charge in [0.2, 0.25) is 5.91 Å². The summed E-state index contributed by atoms with van der Waals surface area (Å²) in [6, 6.07) is -0.539. The molecule has 0 fully saturated rings. The molecule has 0 saturated carbocycles.